The zero-order valence-electron chi connectivity index (χ0n) is 14.8. The highest BCUT2D eigenvalue weighted by Crippen LogP contribution is 2.35. The normalized spacial score (nSPS) is 16.9. The van der Waals surface area contributed by atoms with Crippen molar-refractivity contribution in [3.8, 4) is 5.75 Å². The highest BCUT2D eigenvalue weighted by molar-refractivity contribution is 9.10. The molecule has 1 aliphatic heterocycles. The summed E-state index contributed by atoms with van der Waals surface area (Å²) < 4.78 is 5.99. The van der Waals surface area contributed by atoms with Gasteiger partial charge in [-0.15, -0.1) is 0 Å². The molecule has 1 saturated heterocycles. The Hall–Kier alpha value is -2.29. The van der Waals surface area contributed by atoms with E-state index in [0.717, 1.165) is 10.0 Å². The number of carbonyl (C=O) groups excluding carboxylic acids is 1. The van der Waals surface area contributed by atoms with Crippen LogP contribution in [-0.4, -0.2) is 41.2 Å². The number of amides is 1. The van der Waals surface area contributed by atoms with Crippen LogP contribution < -0.4 is 4.74 Å². The molecule has 1 aliphatic rings. The summed E-state index contributed by atoms with van der Waals surface area (Å²) in [6, 6.07) is 9.95. The van der Waals surface area contributed by atoms with Gasteiger partial charge in [0.25, 0.3) is 5.91 Å². The molecule has 0 atom stereocenters. The van der Waals surface area contributed by atoms with Crippen LogP contribution in [0.1, 0.15) is 15.9 Å². The maximum absolute atomic E-state index is 12.6. The van der Waals surface area contributed by atoms with E-state index in [-0.39, 0.29) is 16.5 Å². The second-order valence-corrected chi connectivity index (χ2v) is 8.00. The molecule has 0 saturated carbocycles. The average Bonchev–Trinajstić information content (AvgIpc) is 2.91. The Morgan fingerprint density at radius 3 is 2.71 bits per heavy atom. The lowest BCUT2D eigenvalue weighted by molar-refractivity contribution is -0.121. The summed E-state index contributed by atoms with van der Waals surface area (Å²) in [5.74, 6) is -0.631. The van der Waals surface area contributed by atoms with Gasteiger partial charge in [-0.3, -0.25) is 9.69 Å². The Labute approximate surface area is 179 Å². The molecule has 6 nitrogen and oxygen atoms in total. The first kappa shape index (κ1) is 20.4. The number of aliphatic imine (C=N–C) groups is 1. The fourth-order valence-electron chi connectivity index (χ4n) is 2.43. The minimum Gasteiger partial charge on any atom is -0.496 e. The van der Waals surface area contributed by atoms with Gasteiger partial charge in [-0.2, -0.15) is 0 Å². The smallest absolute Gasteiger partial charge is 0.337 e. The van der Waals surface area contributed by atoms with Crippen molar-refractivity contribution >= 4 is 68.1 Å². The maximum atomic E-state index is 12.6. The van der Waals surface area contributed by atoms with Gasteiger partial charge in [-0.1, -0.05) is 17.7 Å². The predicted molar refractivity (Wildman–Crippen MR) is 115 cm³/mol. The van der Waals surface area contributed by atoms with Crippen molar-refractivity contribution in [3.05, 3.63) is 61.9 Å². The molecule has 9 heteroatoms. The van der Waals surface area contributed by atoms with Gasteiger partial charge in [0.05, 0.1) is 32.8 Å². The van der Waals surface area contributed by atoms with E-state index in [1.807, 2.05) is 12.1 Å². The fourth-order valence-corrected chi connectivity index (χ4v) is 4.18. The van der Waals surface area contributed by atoms with Crippen LogP contribution in [0.15, 0.2) is 50.8 Å². The van der Waals surface area contributed by atoms with Crippen LogP contribution in [0.2, 0.25) is 5.02 Å². The van der Waals surface area contributed by atoms with Crippen molar-refractivity contribution in [1.29, 1.82) is 0 Å². The van der Waals surface area contributed by atoms with Crippen LogP contribution in [0, 0.1) is 0 Å². The van der Waals surface area contributed by atoms with Gasteiger partial charge in [-0.05, 0) is 69.7 Å². The largest absolute Gasteiger partial charge is 0.496 e. The van der Waals surface area contributed by atoms with E-state index >= 15 is 0 Å². The van der Waals surface area contributed by atoms with Gasteiger partial charge < -0.3 is 9.84 Å². The van der Waals surface area contributed by atoms with Gasteiger partial charge in [0.2, 0.25) is 0 Å². The Balaban J connectivity index is 1.91. The van der Waals surface area contributed by atoms with Gasteiger partial charge in [-0.25, -0.2) is 9.79 Å². The molecule has 0 spiro atoms. The Morgan fingerprint density at radius 1 is 1.32 bits per heavy atom. The predicted octanol–water partition coefficient (Wildman–Crippen LogP) is 5.04. The summed E-state index contributed by atoms with van der Waals surface area (Å²) in [7, 11) is 3.20. The monoisotopic (exact) mass is 480 g/mol. The lowest BCUT2D eigenvalue weighted by Crippen LogP contribution is -2.23. The third-order valence-corrected chi connectivity index (χ3v) is 5.89. The number of benzene rings is 2. The molecule has 0 bridgehead atoms. The topological polar surface area (TPSA) is 79.2 Å². The second kappa shape index (κ2) is 8.38. The van der Waals surface area contributed by atoms with Crippen LogP contribution in [0.4, 0.5) is 5.69 Å². The molecule has 1 fully saturated rings. The molecule has 1 amide bonds. The standard InChI is InChI=1S/C19H14BrClN2O4S/c1-23-17(24)16(8-10-3-6-15(27-2)13(20)7-10)28-19(23)22-11-4-5-14(21)12(9-11)18(25)26/h3-9H,1-2H3,(H,25,26). The molecule has 0 radical (unpaired) electrons. The molecule has 28 heavy (non-hydrogen) atoms. The minimum atomic E-state index is -1.14. The first-order chi connectivity index (χ1) is 13.3. The maximum Gasteiger partial charge on any atom is 0.337 e. The van der Waals surface area contributed by atoms with Gasteiger partial charge >= 0.3 is 5.97 Å². The number of likely N-dealkylation sites (N-methyl/N-ethyl adjacent to an activating group) is 1. The number of methoxy groups -OCH3 is 1. The summed E-state index contributed by atoms with van der Waals surface area (Å²) in [5.41, 5.74) is 1.19. The lowest BCUT2D eigenvalue weighted by atomic mass is 10.2. The van der Waals surface area contributed by atoms with Gasteiger partial charge in [0.15, 0.2) is 5.17 Å². The quantitative estimate of drug-likeness (QED) is 0.619. The van der Waals surface area contributed by atoms with Crippen molar-refractivity contribution in [2.45, 2.75) is 0 Å². The number of hydrogen-bond acceptors (Lipinski definition) is 5. The molecule has 1 N–H and O–H groups in total. The van der Waals surface area contributed by atoms with E-state index in [1.165, 1.54) is 28.8 Å². The zero-order chi connectivity index (χ0) is 20.4. The van der Waals surface area contributed by atoms with Crippen molar-refractivity contribution < 1.29 is 19.4 Å². The number of hydrogen-bond donors (Lipinski definition) is 1. The van der Waals surface area contributed by atoms with Gasteiger partial charge in [0, 0.05) is 7.05 Å². The average molecular weight is 482 g/mol. The first-order valence-corrected chi connectivity index (χ1v) is 9.91. The summed E-state index contributed by atoms with van der Waals surface area (Å²) in [6.45, 7) is 0. The summed E-state index contributed by atoms with van der Waals surface area (Å²) >= 11 is 10.5. The molecule has 144 valence electrons. The molecular weight excluding hydrogens is 468 g/mol. The number of carbonyl (C=O) groups is 2. The third kappa shape index (κ3) is 4.24. The van der Waals surface area contributed by atoms with E-state index in [0.29, 0.717) is 21.5 Å². The highest BCUT2D eigenvalue weighted by atomic mass is 79.9. The highest BCUT2D eigenvalue weighted by Gasteiger charge is 2.30. The summed E-state index contributed by atoms with van der Waals surface area (Å²) in [4.78, 5) is 30.1. The van der Waals surface area contributed by atoms with E-state index in [4.69, 9.17) is 16.3 Å². The second-order valence-electron chi connectivity index (χ2n) is 5.73. The zero-order valence-corrected chi connectivity index (χ0v) is 17.9. The van der Waals surface area contributed by atoms with Crippen molar-refractivity contribution in [2.75, 3.05) is 14.2 Å². The first-order valence-electron chi connectivity index (χ1n) is 7.93. The lowest BCUT2D eigenvalue weighted by Gasteiger charge is -2.07. The number of carboxylic acids is 1. The SMILES string of the molecule is COc1ccc(C=C2SC(=Nc3ccc(Cl)c(C(=O)O)c3)N(C)C2=O)cc1Br. The number of amidine groups is 1. The Morgan fingerprint density at radius 2 is 2.07 bits per heavy atom. The number of carboxylic acid groups (broad SMARTS) is 1. The number of nitrogens with zero attached hydrogens (tertiary/aromatic N) is 2. The molecule has 0 aliphatic carbocycles. The van der Waals surface area contributed by atoms with Crippen LogP contribution in [0.25, 0.3) is 6.08 Å². The number of halogens is 2. The van der Waals surface area contributed by atoms with Crippen LogP contribution in [0.5, 0.6) is 5.75 Å². The fraction of sp³-hybridized carbons (Fsp3) is 0.105. The van der Waals surface area contributed by atoms with Crippen LogP contribution >= 0.6 is 39.3 Å². The van der Waals surface area contributed by atoms with Crippen LogP contribution in [0.3, 0.4) is 0 Å². The molecule has 0 aromatic heterocycles. The Kier molecular flexibility index (Phi) is 6.12. The third-order valence-electron chi connectivity index (χ3n) is 3.88. The van der Waals surface area contributed by atoms with E-state index < -0.39 is 5.97 Å². The molecular formula is C19H14BrClN2O4S. The summed E-state index contributed by atoms with van der Waals surface area (Å²) in [5, 5.41) is 9.76. The number of rotatable bonds is 4. The van der Waals surface area contributed by atoms with E-state index in [9.17, 15) is 14.7 Å². The molecule has 0 unspecified atom stereocenters. The van der Waals surface area contributed by atoms with Gasteiger partial charge in [0.1, 0.15) is 5.75 Å². The number of ether oxygens (including phenoxy) is 1. The van der Waals surface area contributed by atoms with Crippen LogP contribution in [-0.2, 0) is 4.79 Å². The van der Waals surface area contributed by atoms with E-state index in [1.54, 1.807) is 32.4 Å². The van der Waals surface area contributed by atoms with E-state index in [2.05, 4.69) is 20.9 Å². The van der Waals surface area contributed by atoms with Crippen molar-refractivity contribution in [1.82, 2.24) is 4.90 Å². The molecule has 2 aromatic carbocycles. The summed E-state index contributed by atoms with van der Waals surface area (Å²) in [6.07, 6.45) is 1.76. The van der Waals surface area contributed by atoms with Crippen molar-refractivity contribution in [3.63, 3.8) is 0 Å². The number of aromatic carboxylic acids is 1. The van der Waals surface area contributed by atoms with Crippen molar-refractivity contribution in [2.24, 2.45) is 4.99 Å². The number of thioether (sulfide) groups is 1. The minimum absolute atomic E-state index is 0.0423. The molecule has 3 rings (SSSR count). The molecule has 2 aromatic rings. The Bertz CT molecular complexity index is 1040. The molecule has 1 heterocycles.